The highest BCUT2D eigenvalue weighted by Crippen LogP contribution is 2.29. The third-order valence-corrected chi connectivity index (χ3v) is 2.42. The van der Waals surface area contributed by atoms with Crippen molar-refractivity contribution in [1.82, 2.24) is 5.16 Å². The molecule has 18 heavy (non-hydrogen) atoms. The number of aromatic nitrogens is 1. The van der Waals surface area contributed by atoms with Gasteiger partial charge in [0.15, 0.2) is 11.5 Å². The van der Waals surface area contributed by atoms with Gasteiger partial charge in [-0.05, 0) is 24.6 Å². The Bertz CT molecular complexity index is 483. The number of hydrogen-bond acceptors (Lipinski definition) is 5. The maximum Gasteiger partial charge on any atom is 0.161 e. The zero-order chi connectivity index (χ0) is 12.8. The summed E-state index contributed by atoms with van der Waals surface area (Å²) in [7, 11) is 0. The average molecular weight is 248 g/mol. The Hall–Kier alpha value is -2.01. The van der Waals surface area contributed by atoms with Gasteiger partial charge in [0.2, 0.25) is 0 Å². The molecule has 0 aliphatic carbocycles. The lowest BCUT2D eigenvalue weighted by Gasteiger charge is -2.12. The monoisotopic (exact) mass is 248 g/mol. The van der Waals surface area contributed by atoms with Gasteiger partial charge in [0, 0.05) is 12.1 Å². The van der Waals surface area contributed by atoms with Crippen molar-refractivity contribution in [3.63, 3.8) is 0 Å². The van der Waals surface area contributed by atoms with Crippen LogP contribution in [0.5, 0.6) is 11.5 Å². The summed E-state index contributed by atoms with van der Waals surface area (Å²) in [4.78, 5) is 0. The highest BCUT2D eigenvalue weighted by atomic mass is 16.5. The van der Waals surface area contributed by atoms with Crippen LogP contribution in [0.1, 0.15) is 18.1 Å². The summed E-state index contributed by atoms with van der Waals surface area (Å²) < 4.78 is 15.9. The van der Waals surface area contributed by atoms with E-state index in [9.17, 15) is 0 Å². The first kappa shape index (κ1) is 12.4. The zero-order valence-corrected chi connectivity index (χ0v) is 10.3. The molecule has 0 fully saturated rings. The van der Waals surface area contributed by atoms with E-state index in [-0.39, 0.29) is 0 Å². The first-order valence-electron chi connectivity index (χ1n) is 5.80. The zero-order valence-electron chi connectivity index (χ0n) is 10.3. The second-order valence-corrected chi connectivity index (χ2v) is 3.74. The van der Waals surface area contributed by atoms with Gasteiger partial charge in [0.05, 0.1) is 12.8 Å². The molecule has 1 heterocycles. The van der Waals surface area contributed by atoms with E-state index in [1.807, 2.05) is 25.1 Å². The van der Waals surface area contributed by atoms with Crippen LogP contribution in [0.3, 0.4) is 0 Å². The molecule has 96 valence electrons. The lowest BCUT2D eigenvalue weighted by molar-refractivity contribution is 0.268. The molecule has 0 saturated carbocycles. The third kappa shape index (κ3) is 3.01. The third-order valence-electron chi connectivity index (χ3n) is 2.42. The molecule has 0 spiro atoms. The van der Waals surface area contributed by atoms with E-state index in [1.165, 1.54) is 0 Å². The molecule has 2 rings (SSSR count). The van der Waals surface area contributed by atoms with Gasteiger partial charge in [-0.1, -0.05) is 11.2 Å². The van der Waals surface area contributed by atoms with Crippen molar-refractivity contribution in [3.05, 3.63) is 41.8 Å². The fourth-order valence-corrected chi connectivity index (χ4v) is 1.53. The molecule has 0 saturated heterocycles. The van der Waals surface area contributed by atoms with Crippen LogP contribution < -0.4 is 15.2 Å². The van der Waals surface area contributed by atoms with E-state index in [0.717, 1.165) is 11.1 Å². The van der Waals surface area contributed by atoms with Crippen molar-refractivity contribution in [2.24, 2.45) is 5.73 Å². The van der Waals surface area contributed by atoms with E-state index in [4.69, 9.17) is 19.7 Å². The normalized spacial score (nSPS) is 10.3. The molecular weight excluding hydrogens is 232 g/mol. The molecule has 0 unspecified atom stereocenters. The molecule has 2 aromatic rings. The van der Waals surface area contributed by atoms with Crippen molar-refractivity contribution in [3.8, 4) is 11.5 Å². The summed E-state index contributed by atoms with van der Waals surface area (Å²) in [6.45, 7) is 3.38. The maximum absolute atomic E-state index is 5.67. The Morgan fingerprint density at radius 2 is 2.11 bits per heavy atom. The van der Waals surface area contributed by atoms with Crippen LogP contribution in [-0.4, -0.2) is 11.8 Å². The first-order chi connectivity index (χ1) is 8.83. The molecule has 0 radical (unpaired) electrons. The topological polar surface area (TPSA) is 70.5 Å². The van der Waals surface area contributed by atoms with Gasteiger partial charge in [-0.25, -0.2) is 0 Å². The summed E-state index contributed by atoms with van der Waals surface area (Å²) in [6, 6.07) is 5.68. The van der Waals surface area contributed by atoms with Crippen LogP contribution in [0.25, 0.3) is 0 Å². The van der Waals surface area contributed by atoms with E-state index in [1.54, 1.807) is 12.5 Å². The molecule has 0 aliphatic heterocycles. The van der Waals surface area contributed by atoms with E-state index >= 15 is 0 Å². The summed E-state index contributed by atoms with van der Waals surface area (Å²) in [5.41, 5.74) is 7.48. The molecule has 1 aromatic carbocycles. The van der Waals surface area contributed by atoms with Crippen molar-refractivity contribution in [2.45, 2.75) is 20.1 Å². The standard InChI is InChI=1S/C13H16N2O3/c1-2-16-13-5-10(6-14)3-4-12(13)17-8-11-7-15-18-9-11/h3-5,7,9H,2,6,8,14H2,1H3. The Kier molecular flexibility index (Phi) is 4.20. The highest BCUT2D eigenvalue weighted by molar-refractivity contribution is 5.43. The maximum atomic E-state index is 5.67. The molecule has 5 heteroatoms. The quantitative estimate of drug-likeness (QED) is 0.847. The second kappa shape index (κ2) is 6.07. The van der Waals surface area contributed by atoms with Crippen LogP contribution in [0.4, 0.5) is 0 Å². The fraction of sp³-hybridized carbons (Fsp3) is 0.308. The predicted octanol–water partition coefficient (Wildman–Crippen LogP) is 2.11. The molecule has 0 bridgehead atoms. The minimum Gasteiger partial charge on any atom is -0.490 e. The van der Waals surface area contributed by atoms with E-state index in [0.29, 0.717) is 31.3 Å². The Labute approximate surface area is 105 Å². The number of nitrogens with two attached hydrogens (primary N) is 1. The minimum atomic E-state index is 0.394. The molecule has 0 aliphatic rings. The van der Waals surface area contributed by atoms with E-state index < -0.39 is 0 Å². The van der Waals surface area contributed by atoms with Crippen LogP contribution in [0.2, 0.25) is 0 Å². The number of rotatable bonds is 6. The number of benzene rings is 1. The van der Waals surface area contributed by atoms with Crippen molar-refractivity contribution in [2.75, 3.05) is 6.61 Å². The van der Waals surface area contributed by atoms with Gasteiger partial charge in [0.25, 0.3) is 0 Å². The number of nitrogens with zero attached hydrogens (tertiary/aromatic N) is 1. The van der Waals surface area contributed by atoms with Crippen molar-refractivity contribution >= 4 is 0 Å². The largest absolute Gasteiger partial charge is 0.490 e. The Balaban J connectivity index is 2.10. The lowest BCUT2D eigenvalue weighted by Crippen LogP contribution is -2.02. The van der Waals surface area contributed by atoms with Gasteiger partial charge in [-0.3, -0.25) is 0 Å². The van der Waals surface area contributed by atoms with Crippen LogP contribution >= 0.6 is 0 Å². The summed E-state index contributed by atoms with van der Waals surface area (Å²) in [5.74, 6) is 1.40. The molecule has 0 amide bonds. The number of hydrogen-bond donors (Lipinski definition) is 1. The smallest absolute Gasteiger partial charge is 0.161 e. The molecule has 0 atom stereocenters. The van der Waals surface area contributed by atoms with Crippen molar-refractivity contribution in [1.29, 1.82) is 0 Å². The average Bonchev–Trinajstić information content (AvgIpc) is 2.90. The summed E-state index contributed by atoms with van der Waals surface area (Å²) in [5, 5.41) is 3.62. The van der Waals surface area contributed by atoms with Gasteiger partial charge in [0.1, 0.15) is 12.9 Å². The molecule has 2 N–H and O–H groups in total. The van der Waals surface area contributed by atoms with Gasteiger partial charge >= 0.3 is 0 Å². The van der Waals surface area contributed by atoms with Gasteiger partial charge in [-0.2, -0.15) is 0 Å². The predicted molar refractivity (Wildman–Crippen MR) is 66.3 cm³/mol. The van der Waals surface area contributed by atoms with Gasteiger partial charge in [-0.15, -0.1) is 0 Å². The lowest BCUT2D eigenvalue weighted by atomic mass is 10.2. The highest BCUT2D eigenvalue weighted by Gasteiger charge is 2.07. The van der Waals surface area contributed by atoms with Crippen molar-refractivity contribution < 1.29 is 14.0 Å². The number of ether oxygens (including phenoxy) is 2. The Morgan fingerprint density at radius 1 is 1.22 bits per heavy atom. The summed E-state index contributed by atoms with van der Waals surface area (Å²) >= 11 is 0. The summed E-state index contributed by atoms with van der Waals surface area (Å²) in [6.07, 6.45) is 3.17. The fourth-order valence-electron chi connectivity index (χ4n) is 1.53. The van der Waals surface area contributed by atoms with Crippen LogP contribution in [-0.2, 0) is 13.2 Å². The molecular formula is C13H16N2O3. The van der Waals surface area contributed by atoms with E-state index in [2.05, 4.69) is 5.16 Å². The van der Waals surface area contributed by atoms with Crippen LogP contribution in [0.15, 0.2) is 35.2 Å². The Morgan fingerprint density at radius 3 is 2.78 bits per heavy atom. The minimum absolute atomic E-state index is 0.394. The molecule has 5 nitrogen and oxygen atoms in total. The van der Waals surface area contributed by atoms with Crippen LogP contribution in [0, 0.1) is 0 Å². The second-order valence-electron chi connectivity index (χ2n) is 3.74. The SMILES string of the molecule is CCOc1cc(CN)ccc1OCc1cnoc1. The first-order valence-corrected chi connectivity index (χ1v) is 5.80. The van der Waals surface area contributed by atoms with Gasteiger partial charge < -0.3 is 19.7 Å². The molecule has 1 aromatic heterocycles.